The second-order valence-corrected chi connectivity index (χ2v) is 11.2. The van der Waals surface area contributed by atoms with Gasteiger partial charge in [-0.1, -0.05) is 30.3 Å². The van der Waals surface area contributed by atoms with Gasteiger partial charge in [-0.2, -0.15) is 0 Å². The van der Waals surface area contributed by atoms with E-state index in [9.17, 15) is 14.7 Å². The molecule has 0 saturated carbocycles. The number of halogens is 3. The Balaban J connectivity index is 2.28. The van der Waals surface area contributed by atoms with Crippen LogP contribution in [0.3, 0.4) is 0 Å². The highest BCUT2D eigenvalue weighted by atomic mass is 79.9. The van der Waals surface area contributed by atoms with Gasteiger partial charge in [0.25, 0.3) is 5.91 Å². The Morgan fingerprint density at radius 1 is 1.14 bits per heavy atom. The molecule has 0 bridgehead atoms. The molecule has 1 unspecified atom stereocenters. The number of nitrogens with one attached hydrogen (secondary N) is 1. The summed E-state index contributed by atoms with van der Waals surface area (Å²) < 4.78 is 2.27. The second-order valence-electron chi connectivity index (χ2n) is 7.26. The highest BCUT2D eigenvalue weighted by molar-refractivity contribution is 9.14. The lowest BCUT2D eigenvalue weighted by atomic mass is 10.0. The average molecular weight is 597 g/mol. The minimum absolute atomic E-state index is 0.185. The van der Waals surface area contributed by atoms with E-state index < -0.39 is 11.6 Å². The summed E-state index contributed by atoms with van der Waals surface area (Å²) in [5, 5.41) is 12.7. The molecule has 2 N–H and O–H groups in total. The fourth-order valence-corrected chi connectivity index (χ4v) is 5.67. The molecule has 0 saturated heterocycles. The van der Waals surface area contributed by atoms with Crippen molar-refractivity contribution in [3.63, 3.8) is 0 Å². The zero-order valence-electron chi connectivity index (χ0n) is 15.6. The number of nitrogens with zero attached hydrogens (tertiary/aromatic N) is 1. The zero-order valence-corrected chi connectivity index (χ0v) is 21.2. The molecule has 1 heterocycles. The van der Waals surface area contributed by atoms with Gasteiger partial charge < -0.3 is 15.3 Å². The third-order valence-electron chi connectivity index (χ3n) is 4.07. The lowest BCUT2D eigenvalue weighted by Gasteiger charge is -2.36. The van der Waals surface area contributed by atoms with E-state index in [-0.39, 0.29) is 18.5 Å². The Morgan fingerprint density at radius 2 is 1.75 bits per heavy atom. The number of benzene rings is 1. The Morgan fingerprint density at radius 3 is 2.21 bits per heavy atom. The highest BCUT2D eigenvalue weighted by Gasteiger charge is 2.30. The van der Waals surface area contributed by atoms with Crippen molar-refractivity contribution < 1.29 is 14.7 Å². The lowest BCUT2D eigenvalue weighted by molar-refractivity contribution is 0.0824. The van der Waals surface area contributed by atoms with Crippen LogP contribution in [0.25, 0.3) is 0 Å². The molecule has 1 aromatic heterocycles. The van der Waals surface area contributed by atoms with E-state index in [2.05, 4.69) is 53.1 Å². The highest BCUT2D eigenvalue weighted by Crippen LogP contribution is 2.40. The van der Waals surface area contributed by atoms with Crippen molar-refractivity contribution in [3.05, 3.63) is 53.5 Å². The summed E-state index contributed by atoms with van der Waals surface area (Å²) in [6.07, 6.45) is -0.486. The molecule has 1 atom stereocenters. The monoisotopic (exact) mass is 594 g/mol. The van der Waals surface area contributed by atoms with Gasteiger partial charge in [-0.3, -0.25) is 4.79 Å². The van der Waals surface area contributed by atoms with E-state index in [1.165, 1.54) is 16.2 Å². The minimum atomic E-state index is -1.01. The summed E-state index contributed by atoms with van der Waals surface area (Å²) >= 11 is 11.6. The summed E-state index contributed by atoms with van der Waals surface area (Å²) in [5.74, 6) is -0.247. The maximum Gasteiger partial charge on any atom is 0.407 e. The fourth-order valence-electron chi connectivity index (χ4n) is 2.68. The van der Waals surface area contributed by atoms with Crippen LogP contribution in [-0.2, 0) is 6.42 Å². The summed E-state index contributed by atoms with van der Waals surface area (Å²) in [6, 6.07) is 9.34. The third kappa shape index (κ3) is 6.05. The minimum Gasteiger partial charge on any atom is -0.465 e. The van der Waals surface area contributed by atoms with Crippen molar-refractivity contribution >= 4 is 71.1 Å². The van der Waals surface area contributed by atoms with E-state index in [4.69, 9.17) is 0 Å². The molecule has 2 rings (SSSR count). The van der Waals surface area contributed by atoms with Crippen LogP contribution >= 0.6 is 59.1 Å². The first-order valence-corrected chi connectivity index (χ1v) is 11.7. The van der Waals surface area contributed by atoms with Gasteiger partial charge in [0.2, 0.25) is 0 Å². The molecule has 0 aliphatic rings. The normalized spacial score (nSPS) is 12.5. The molecule has 152 valence electrons. The Labute approximate surface area is 193 Å². The standard InChI is InChI=1S/C19H21Br3N2O3S/c1-19(2,3)24(18(26)27)10-12(9-11-7-5-4-6-8-11)23-17(25)15-13(20)14(21)16(22)28-15/h4-8,12H,9-10H2,1-3H3,(H,23,25)(H,26,27). The number of thiophene rings is 1. The van der Waals surface area contributed by atoms with Gasteiger partial charge in [-0.25, -0.2) is 4.79 Å². The molecule has 1 aromatic carbocycles. The summed E-state index contributed by atoms with van der Waals surface area (Å²) in [7, 11) is 0. The number of rotatable bonds is 6. The number of carboxylic acid groups (broad SMARTS) is 1. The van der Waals surface area contributed by atoms with E-state index in [0.717, 1.165) is 13.8 Å². The molecule has 0 radical (unpaired) electrons. The number of hydrogen-bond donors (Lipinski definition) is 2. The van der Waals surface area contributed by atoms with Crippen LogP contribution < -0.4 is 5.32 Å². The topological polar surface area (TPSA) is 69.6 Å². The van der Waals surface area contributed by atoms with Crippen LogP contribution in [0.4, 0.5) is 4.79 Å². The van der Waals surface area contributed by atoms with Crippen LogP contribution in [0.2, 0.25) is 0 Å². The number of hydrogen-bond acceptors (Lipinski definition) is 3. The molecule has 2 amide bonds. The van der Waals surface area contributed by atoms with E-state index in [0.29, 0.717) is 15.8 Å². The predicted molar refractivity (Wildman–Crippen MR) is 123 cm³/mol. The van der Waals surface area contributed by atoms with Gasteiger partial charge in [0.1, 0.15) is 4.88 Å². The molecule has 9 heteroatoms. The smallest absolute Gasteiger partial charge is 0.407 e. The van der Waals surface area contributed by atoms with Crippen LogP contribution in [-0.4, -0.2) is 40.1 Å². The molecule has 0 aliphatic heterocycles. The average Bonchev–Trinajstić information content (AvgIpc) is 2.86. The van der Waals surface area contributed by atoms with E-state index in [1.807, 2.05) is 51.1 Å². The van der Waals surface area contributed by atoms with Crippen molar-refractivity contribution in [2.24, 2.45) is 0 Å². The summed E-state index contributed by atoms with van der Waals surface area (Å²) in [4.78, 5) is 26.6. The molecule has 0 aliphatic carbocycles. The van der Waals surface area contributed by atoms with Gasteiger partial charge in [0.15, 0.2) is 0 Å². The lowest BCUT2D eigenvalue weighted by Crippen LogP contribution is -2.53. The quantitative estimate of drug-likeness (QED) is 0.420. The van der Waals surface area contributed by atoms with Gasteiger partial charge >= 0.3 is 6.09 Å². The third-order valence-corrected chi connectivity index (χ3v) is 9.10. The SMILES string of the molecule is CC(C)(C)N(CC(Cc1ccccc1)NC(=O)c1sc(Br)c(Br)c1Br)C(=O)O. The van der Waals surface area contributed by atoms with Crippen LogP contribution in [0, 0.1) is 0 Å². The number of carbonyl (C=O) groups excluding carboxylic acids is 1. The largest absolute Gasteiger partial charge is 0.465 e. The van der Waals surface area contributed by atoms with Crippen molar-refractivity contribution in [1.29, 1.82) is 0 Å². The van der Waals surface area contributed by atoms with Crippen molar-refractivity contribution in [2.75, 3.05) is 6.54 Å². The second kappa shape index (κ2) is 9.73. The summed E-state index contributed by atoms with van der Waals surface area (Å²) in [5.41, 5.74) is 0.445. The Kier molecular flexibility index (Phi) is 8.13. The van der Waals surface area contributed by atoms with Crippen LogP contribution in [0.15, 0.2) is 43.1 Å². The van der Waals surface area contributed by atoms with Gasteiger partial charge in [0, 0.05) is 12.1 Å². The van der Waals surface area contributed by atoms with Crippen molar-refractivity contribution in [2.45, 2.75) is 38.8 Å². The van der Waals surface area contributed by atoms with E-state index in [1.54, 1.807) is 0 Å². The fraction of sp³-hybridized carbons (Fsp3) is 0.368. The maximum absolute atomic E-state index is 12.9. The number of carbonyl (C=O) groups is 2. The molecular weight excluding hydrogens is 576 g/mol. The zero-order chi connectivity index (χ0) is 21.1. The number of amides is 2. The maximum atomic E-state index is 12.9. The molecule has 2 aromatic rings. The van der Waals surface area contributed by atoms with Crippen molar-refractivity contribution in [3.8, 4) is 0 Å². The van der Waals surface area contributed by atoms with Gasteiger partial charge in [0.05, 0.1) is 18.8 Å². The van der Waals surface area contributed by atoms with Crippen molar-refractivity contribution in [1.82, 2.24) is 10.2 Å². The summed E-state index contributed by atoms with van der Waals surface area (Å²) in [6.45, 7) is 5.70. The van der Waals surface area contributed by atoms with Gasteiger partial charge in [-0.15, -0.1) is 11.3 Å². The van der Waals surface area contributed by atoms with Crippen LogP contribution in [0.5, 0.6) is 0 Å². The van der Waals surface area contributed by atoms with Gasteiger partial charge in [-0.05, 0) is 80.5 Å². The molecule has 0 fully saturated rings. The first kappa shape index (κ1) is 23.4. The molecule has 28 heavy (non-hydrogen) atoms. The Bertz CT molecular complexity index is 850. The molecule has 0 spiro atoms. The first-order valence-electron chi connectivity index (χ1n) is 8.49. The van der Waals surface area contributed by atoms with Crippen LogP contribution in [0.1, 0.15) is 36.0 Å². The predicted octanol–water partition coefficient (Wildman–Crippen LogP) is 6.16. The molecular formula is C19H21Br3N2O3S. The molecule has 5 nitrogen and oxygen atoms in total. The first-order chi connectivity index (χ1) is 13.0. The van der Waals surface area contributed by atoms with E-state index >= 15 is 0 Å². The Hall–Kier alpha value is -0.900.